The van der Waals surface area contributed by atoms with Gasteiger partial charge in [0.05, 0.1) is 13.2 Å². The zero-order valence-electron chi connectivity index (χ0n) is 27.8. The Morgan fingerprint density at radius 3 is 1.02 bits per heavy atom. The van der Waals surface area contributed by atoms with E-state index in [2.05, 4.69) is 64.1 Å². The van der Waals surface area contributed by atoms with Crippen LogP contribution in [0.15, 0.2) is 36.4 Å². The number of ether oxygens (including phenoxy) is 2. The first-order valence-corrected chi connectivity index (χ1v) is 17.9. The predicted octanol–water partition coefficient (Wildman–Crippen LogP) is 13.2. The molecular weight excluding hydrogens is 512 g/mol. The molecule has 3 aromatic rings. The van der Waals surface area contributed by atoms with Crippen LogP contribution in [0.4, 0.5) is 0 Å². The highest BCUT2D eigenvalue weighted by Crippen LogP contribution is 2.43. The molecule has 2 nitrogen and oxygen atoms in total. The van der Waals surface area contributed by atoms with Crippen LogP contribution >= 0.6 is 0 Å². The first-order chi connectivity index (χ1) is 20.7. The van der Waals surface area contributed by atoms with E-state index in [1.165, 1.54) is 148 Å². The molecule has 0 saturated heterocycles. The van der Waals surface area contributed by atoms with Crippen molar-refractivity contribution >= 4 is 21.5 Å². The average Bonchev–Trinajstić information content (AvgIpc) is 2.99. The van der Waals surface area contributed by atoms with Gasteiger partial charge in [-0.1, -0.05) is 165 Å². The fraction of sp³-hybridized carbons (Fsp3) is 0.650. The average molecular weight is 575 g/mol. The Kier molecular flexibility index (Phi) is 16.8. The first-order valence-electron chi connectivity index (χ1n) is 17.9. The lowest BCUT2D eigenvalue weighted by Gasteiger charge is -2.19. The van der Waals surface area contributed by atoms with Crippen LogP contribution in [0.5, 0.6) is 11.5 Å². The lowest BCUT2D eigenvalue weighted by atomic mass is 9.97. The molecule has 0 aliphatic heterocycles. The number of hydrogen-bond donors (Lipinski definition) is 0. The lowest BCUT2D eigenvalue weighted by molar-refractivity contribution is 0.306. The van der Waals surface area contributed by atoms with Gasteiger partial charge in [-0.25, -0.2) is 0 Å². The highest BCUT2D eigenvalue weighted by molar-refractivity contribution is 6.11. The van der Waals surface area contributed by atoms with E-state index in [-0.39, 0.29) is 0 Å². The van der Waals surface area contributed by atoms with Gasteiger partial charge in [0.15, 0.2) is 0 Å². The molecule has 42 heavy (non-hydrogen) atoms. The summed E-state index contributed by atoms with van der Waals surface area (Å²) < 4.78 is 13.2. The minimum absolute atomic E-state index is 0.779. The second-order valence-corrected chi connectivity index (χ2v) is 12.8. The molecule has 0 unspecified atom stereocenters. The summed E-state index contributed by atoms with van der Waals surface area (Å²) in [6.45, 7) is 10.5. The zero-order valence-corrected chi connectivity index (χ0v) is 27.8. The fourth-order valence-electron chi connectivity index (χ4n) is 6.22. The van der Waals surface area contributed by atoms with E-state index in [4.69, 9.17) is 9.47 Å². The smallest absolute Gasteiger partial charge is 0.135 e. The van der Waals surface area contributed by atoms with Gasteiger partial charge in [0.2, 0.25) is 0 Å². The van der Waals surface area contributed by atoms with Gasteiger partial charge in [-0.05, 0) is 38.8 Å². The van der Waals surface area contributed by atoms with Crippen molar-refractivity contribution in [3.05, 3.63) is 47.5 Å². The Morgan fingerprint density at radius 1 is 0.381 bits per heavy atom. The van der Waals surface area contributed by atoms with E-state index in [1.54, 1.807) is 0 Å². The summed E-state index contributed by atoms with van der Waals surface area (Å²) in [6, 6.07) is 13.5. The number of benzene rings is 3. The highest BCUT2D eigenvalue weighted by atomic mass is 16.5. The van der Waals surface area contributed by atoms with Gasteiger partial charge in [0.25, 0.3) is 0 Å². The van der Waals surface area contributed by atoms with Crippen LogP contribution < -0.4 is 9.47 Å². The van der Waals surface area contributed by atoms with Crippen LogP contribution in [0.2, 0.25) is 0 Å². The Morgan fingerprint density at radius 2 is 0.690 bits per heavy atom. The van der Waals surface area contributed by atoms with E-state index in [9.17, 15) is 0 Å². The lowest BCUT2D eigenvalue weighted by Crippen LogP contribution is -2.03. The van der Waals surface area contributed by atoms with Gasteiger partial charge < -0.3 is 9.47 Å². The van der Waals surface area contributed by atoms with Crippen molar-refractivity contribution in [1.29, 1.82) is 0 Å². The second kappa shape index (κ2) is 20.6. The van der Waals surface area contributed by atoms with E-state index >= 15 is 0 Å². The number of fused-ring (bicyclic) bond motifs is 2. The maximum Gasteiger partial charge on any atom is 0.135 e. The molecule has 0 aromatic heterocycles. The third kappa shape index (κ3) is 11.8. The quantitative estimate of drug-likeness (QED) is 0.0782. The van der Waals surface area contributed by atoms with Crippen LogP contribution in [0.25, 0.3) is 21.5 Å². The van der Waals surface area contributed by atoms with Gasteiger partial charge in [-0.3, -0.25) is 0 Å². The second-order valence-electron chi connectivity index (χ2n) is 12.8. The maximum atomic E-state index is 6.61. The standard InChI is InChI=1S/C40H62O2/c1-5-7-9-11-13-15-17-19-21-23-29-41-39-35-27-25-34(4)32-38(35)40(36-28-26-33(3)31-37(36)39)42-30-24-22-20-18-16-14-12-10-8-6-2/h25-28,31-32H,5-24,29-30H2,1-4H3. The van der Waals surface area contributed by atoms with Crippen molar-refractivity contribution < 1.29 is 9.47 Å². The van der Waals surface area contributed by atoms with Crippen molar-refractivity contribution in [2.45, 2.75) is 156 Å². The summed E-state index contributed by atoms with van der Waals surface area (Å²) in [6.07, 6.45) is 26.8. The van der Waals surface area contributed by atoms with Crippen LogP contribution in [-0.4, -0.2) is 13.2 Å². The largest absolute Gasteiger partial charge is 0.492 e. The number of rotatable bonds is 24. The third-order valence-corrected chi connectivity index (χ3v) is 8.82. The monoisotopic (exact) mass is 574 g/mol. The molecule has 234 valence electrons. The molecular formula is C40H62O2. The molecule has 0 N–H and O–H groups in total. The normalized spacial score (nSPS) is 11.5. The van der Waals surface area contributed by atoms with E-state index < -0.39 is 0 Å². The van der Waals surface area contributed by atoms with E-state index in [1.807, 2.05) is 0 Å². The molecule has 3 rings (SSSR count). The molecule has 0 aliphatic rings. The molecule has 2 heteroatoms. The van der Waals surface area contributed by atoms with Crippen molar-refractivity contribution in [3.63, 3.8) is 0 Å². The van der Waals surface area contributed by atoms with Gasteiger partial charge >= 0.3 is 0 Å². The van der Waals surface area contributed by atoms with Gasteiger partial charge in [-0.15, -0.1) is 0 Å². The van der Waals surface area contributed by atoms with Crippen LogP contribution in [0.3, 0.4) is 0 Å². The molecule has 0 amide bonds. The Hall–Kier alpha value is -2.22. The SMILES string of the molecule is CCCCCCCCCCCCOc1c2ccc(C)cc2c(OCCCCCCCCCCCC)c2ccc(C)cc12. The summed E-state index contributed by atoms with van der Waals surface area (Å²) >= 11 is 0. The number of unbranched alkanes of at least 4 members (excludes halogenated alkanes) is 18. The summed E-state index contributed by atoms with van der Waals surface area (Å²) in [5.74, 6) is 2.07. The number of hydrogen-bond acceptors (Lipinski definition) is 2. The highest BCUT2D eigenvalue weighted by Gasteiger charge is 2.17. The minimum Gasteiger partial charge on any atom is -0.492 e. The molecule has 0 heterocycles. The van der Waals surface area contributed by atoms with Gasteiger partial charge in [-0.2, -0.15) is 0 Å². The molecule has 3 aromatic carbocycles. The molecule has 0 spiro atoms. The number of aryl methyl sites for hydroxylation is 2. The Labute approximate surface area is 259 Å². The summed E-state index contributed by atoms with van der Waals surface area (Å²) in [5, 5.41) is 4.75. The topological polar surface area (TPSA) is 18.5 Å². The van der Waals surface area contributed by atoms with Gasteiger partial charge in [0, 0.05) is 21.5 Å². The Balaban J connectivity index is 1.56. The van der Waals surface area contributed by atoms with Crippen molar-refractivity contribution in [2.24, 2.45) is 0 Å². The maximum absolute atomic E-state index is 6.61. The Bertz CT molecular complexity index is 1060. The fourth-order valence-corrected chi connectivity index (χ4v) is 6.22. The van der Waals surface area contributed by atoms with Crippen LogP contribution in [0, 0.1) is 13.8 Å². The summed E-state index contributed by atoms with van der Waals surface area (Å²) in [5.41, 5.74) is 2.52. The third-order valence-electron chi connectivity index (χ3n) is 8.82. The summed E-state index contributed by atoms with van der Waals surface area (Å²) in [4.78, 5) is 0. The van der Waals surface area contributed by atoms with E-state index in [0.717, 1.165) is 37.6 Å². The molecule has 0 saturated carbocycles. The predicted molar refractivity (Wildman–Crippen MR) is 186 cm³/mol. The van der Waals surface area contributed by atoms with Gasteiger partial charge in [0.1, 0.15) is 11.5 Å². The van der Waals surface area contributed by atoms with Crippen LogP contribution in [-0.2, 0) is 0 Å². The molecule has 0 fully saturated rings. The molecule has 0 bridgehead atoms. The molecule has 0 aliphatic carbocycles. The van der Waals surface area contributed by atoms with Crippen molar-refractivity contribution in [1.82, 2.24) is 0 Å². The van der Waals surface area contributed by atoms with Crippen LogP contribution in [0.1, 0.15) is 153 Å². The zero-order chi connectivity index (χ0) is 29.8. The first kappa shape index (κ1) is 34.3. The minimum atomic E-state index is 0.779. The van der Waals surface area contributed by atoms with Crippen molar-refractivity contribution in [2.75, 3.05) is 13.2 Å². The van der Waals surface area contributed by atoms with E-state index in [0.29, 0.717) is 0 Å². The molecule has 0 radical (unpaired) electrons. The molecule has 0 atom stereocenters. The van der Waals surface area contributed by atoms with Crippen molar-refractivity contribution in [3.8, 4) is 11.5 Å². The summed E-state index contributed by atoms with van der Waals surface area (Å²) in [7, 11) is 0.